The number of aromatic hydroxyl groups is 1. The lowest BCUT2D eigenvalue weighted by molar-refractivity contribution is 0.416. The predicted octanol–water partition coefficient (Wildman–Crippen LogP) is 7.47. The van der Waals surface area contributed by atoms with Crippen LogP contribution < -0.4 is 15.4 Å². The fourth-order valence-corrected chi connectivity index (χ4v) is 5.11. The van der Waals surface area contributed by atoms with E-state index < -0.39 is 0 Å². The fraction of sp³-hybridized carbons (Fsp3) is 0.0833. The van der Waals surface area contributed by atoms with Gasteiger partial charge < -0.3 is 20.5 Å². The summed E-state index contributed by atoms with van der Waals surface area (Å²) in [4.78, 5) is 1.91. The van der Waals surface area contributed by atoms with Crippen molar-refractivity contribution in [2.75, 3.05) is 17.7 Å². The zero-order valence-electron chi connectivity index (χ0n) is 16.4. The van der Waals surface area contributed by atoms with Gasteiger partial charge in [0.1, 0.15) is 11.5 Å². The van der Waals surface area contributed by atoms with Gasteiger partial charge in [-0.1, -0.05) is 53.7 Å². The van der Waals surface area contributed by atoms with E-state index in [4.69, 9.17) is 16.3 Å². The minimum absolute atomic E-state index is 0.202. The molecule has 0 bridgehead atoms. The third-order valence-electron chi connectivity index (χ3n) is 5.17. The monoisotopic (exact) mass is 434 g/mol. The number of ether oxygens (including phenoxy) is 1. The zero-order valence-corrected chi connectivity index (χ0v) is 18.0. The largest absolute Gasteiger partial charge is 0.505 e. The first-order valence-electron chi connectivity index (χ1n) is 9.49. The maximum absolute atomic E-state index is 11.2. The van der Waals surface area contributed by atoms with Crippen molar-refractivity contribution >= 4 is 56.9 Å². The number of hydrogen-bond acceptors (Lipinski definition) is 5. The quantitative estimate of drug-likeness (QED) is 0.203. The van der Waals surface area contributed by atoms with Gasteiger partial charge in [0.2, 0.25) is 0 Å². The van der Waals surface area contributed by atoms with Crippen LogP contribution in [0.2, 0.25) is 5.02 Å². The SMILES string of the molecule is COc1ccc(C)cc1Nc1c2c(c3ccccc3c1O)Nc1ccc(Cl)cc1S2. The number of benzene rings is 4. The van der Waals surface area contributed by atoms with Crippen molar-refractivity contribution in [3.8, 4) is 11.5 Å². The molecular formula is C24H19ClN2O2S. The average Bonchev–Trinajstić information content (AvgIpc) is 2.75. The number of phenolic OH excluding ortho intramolecular Hbond substituents is 1. The maximum Gasteiger partial charge on any atom is 0.148 e. The number of phenols is 1. The molecule has 1 heterocycles. The molecule has 5 rings (SSSR count). The lowest BCUT2D eigenvalue weighted by atomic mass is 10.0. The molecule has 0 spiro atoms. The number of aryl methyl sites for hydroxylation is 1. The van der Waals surface area contributed by atoms with Crippen molar-refractivity contribution in [3.05, 3.63) is 71.2 Å². The molecule has 0 saturated carbocycles. The third kappa shape index (κ3) is 3.11. The molecule has 0 aromatic heterocycles. The second-order valence-corrected chi connectivity index (χ2v) is 8.66. The Balaban J connectivity index is 1.74. The van der Waals surface area contributed by atoms with Gasteiger partial charge in [-0.3, -0.25) is 0 Å². The van der Waals surface area contributed by atoms with Gasteiger partial charge in [0.05, 0.1) is 34.8 Å². The molecule has 0 atom stereocenters. The molecule has 0 saturated heterocycles. The van der Waals surface area contributed by atoms with Gasteiger partial charge in [0.25, 0.3) is 0 Å². The lowest BCUT2D eigenvalue weighted by Crippen LogP contribution is -2.05. The molecular weight excluding hydrogens is 416 g/mol. The van der Waals surface area contributed by atoms with E-state index in [1.807, 2.05) is 67.6 Å². The summed E-state index contributed by atoms with van der Waals surface area (Å²) in [6.07, 6.45) is 0. The highest BCUT2D eigenvalue weighted by Gasteiger charge is 2.26. The Labute approximate surface area is 183 Å². The first-order valence-corrected chi connectivity index (χ1v) is 10.7. The van der Waals surface area contributed by atoms with Crippen LogP contribution in [0, 0.1) is 6.92 Å². The Morgan fingerprint density at radius 1 is 1.03 bits per heavy atom. The second-order valence-electron chi connectivity index (χ2n) is 7.17. The Kier molecular flexibility index (Phi) is 4.65. The van der Waals surface area contributed by atoms with Crippen LogP contribution in [0.25, 0.3) is 10.8 Å². The summed E-state index contributed by atoms with van der Waals surface area (Å²) in [6, 6.07) is 19.5. The summed E-state index contributed by atoms with van der Waals surface area (Å²) in [5, 5.41) is 20.6. The van der Waals surface area contributed by atoms with Crippen LogP contribution in [0.4, 0.5) is 22.7 Å². The number of nitrogens with one attached hydrogen (secondary N) is 2. The lowest BCUT2D eigenvalue weighted by Gasteiger charge is -2.26. The third-order valence-corrected chi connectivity index (χ3v) is 6.58. The van der Waals surface area contributed by atoms with Gasteiger partial charge in [-0.25, -0.2) is 0 Å². The van der Waals surface area contributed by atoms with Gasteiger partial charge in [-0.15, -0.1) is 0 Å². The van der Waals surface area contributed by atoms with Crippen LogP contribution >= 0.6 is 23.4 Å². The summed E-state index contributed by atoms with van der Waals surface area (Å²) in [5.41, 5.74) is 4.47. The Morgan fingerprint density at radius 2 is 1.83 bits per heavy atom. The average molecular weight is 435 g/mol. The zero-order chi connectivity index (χ0) is 20.8. The molecule has 0 fully saturated rings. The maximum atomic E-state index is 11.2. The number of methoxy groups -OCH3 is 1. The van der Waals surface area contributed by atoms with Crippen LogP contribution in [0.5, 0.6) is 11.5 Å². The van der Waals surface area contributed by atoms with Crippen LogP contribution in [0.3, 0.4) is 0 Å². The van der Waals surface area contributed by atoms with E-state index in [0.717, 1.165) is 43.2 Å². The van der Waals surface area contributed by atoms with E-state index in [2.05, 4.69) is 10.6 Å². The molecule has 6 heteroatoms. The topological polar surface area (TPSA) is 53.5 Å². The van der Waals surface area contributed by atoms with E-state index in [0.29, 0.717) is 16.5 Å². The van der Waals surface area contributed by atoms with Crippen molar-refractivity contribution < 1.29 is 9.84 Å². The summed E-state index contributed by atoms with van der Waals surface area (Å²) in [5.74, 6) is 0.909. The van der Waals surface area contributed by atoms with Gasteiger partial charge in [0.15, 0.2) is 0 Å². The Bertz CT molecular complexity index is 1310. The molecule has 0 amide bonds. The molecule has 3 N–H and O–H groups in total. The predicted molar refractivity (Wildman–Crippen MR) is 125 cm³/mol. The summed E-state index contributed by atoms with van der Waals surface area (Å²) < 4.78 is 5.53. The Morgan fingerprint density at radius 3 is 2.63 bits per heavy atom. The van der Waals surface area contributed by atoms with Gasteiger partial charge in [-0.05, 0) is 42.8 Å². The van der Waals surface area contributed by atoms with Gasteiger partial charge in [0, 0.05) is 20.7 Å². The first kappa shape index (κ1) is 19.0. The van der Waals surface area contributed by atoms with Crippen LogP contribution in [0.1, 0.15) is 5.56 Å². The standard InChI is InChI=1S/C24H19ClN2O2S/c1-13-7-10-19(29-2)18(11-13)27-22-23(28)16-6-4-3-5-15(16)21-24(22)30-20-12-14(25)8-9-17(20)26-21/h3-12,26-28H,1-2H3. The summed E-state index contributed by atoms with van der Waals surface area (Å²) >= 11 is 7.81. The minimum Gasteiger partial charge on any atom is -0.505 e. The molecule has 4 nitrogen and oxygen atoms in total. The molecule has 0 unspecified atom stereocenters. The van der Waals surface area contributed by atoms with E-state index in [9.17, 15) is 5.11 Å². The number of hydrogen-bond donors (Lipinski definition) is 3. The Hall–Kier alpha value is -3.02. The second kappa shape index (κ2) is 7.35. The van der Waals surface area contributed by atoms with Crippen LogP contribution in [0.15, 0.2) is 70.5 Å². The van der Waals surface area contributed by atoms with E-state index >= 15 is 0 Å². The van der Waals surface area contributed by atoms with Gasteiger partial charge in [-0.2, -0.15) is 0 Å². The van der Waals surface area contributed by atoms with Crippen LogP contribution in [-0.2, 0) is 0 Å². The number of halogens is 1. The summed E-state index contributed by atoms with van der Waals surface area (Å²) in [7, 11) is 1.64. The fourth-order valence-electron chi connectivity index (χ4n) is 3.72. The smallest absolute Gasteiger partial charge is 0.148 e. The molecule has 4 aromatic carbocycles. The van der Waals surface area contributed by atoms with Crippen molar-refractivity contribution in [1.82, 2.24) is 0 Å². The number of fused-ring (bicyclic) bond motifs is 4. The van der Waals surface area contributed by atoms with Crippen molar-refractivity contribution in [2.45, 2.75) is 16.7 Å². The highest BCUT2D eigenvalue weighted by molar-refractivity contribution is 8.00. The molecule has 150 valence electrons. The van der Waals surface area contributed by atoms with E-state index in [-0.39, 0.29) is 5.75 Å². The van der Waals surface area contributed by atoms with Gasteiger partial charge >= 0.3 is 0 Å². The molecule has 0 aliphatic carbocycles. The summed E-state index contributed by atoms with van der Waals surface area (Å²) in [6.45, 7) is 2.02. The number of anilines is 4. The molecule has 1 aliphatic heterocycles. The molecule has 0 radical (unpaired) electrons. The van der Waals surface area contributed by atoms with E-state index in [1.54, 1.807) is 18.9 Å². The van der Waals surface area contributed by atoms with Crippen LogP contribution in [-0.4, -0.2) is 12.2 Å². The molecule has 4 aromatic rings. The highest BCUT2D eigenvalue weighted by atomic mass is 35.5. The molecule has 30 heavy (non-hydrogen) atoms. The highest BCUT2D eigenvalue weighted by Crippen LogP contribution is 2.55. The number of rotatable bonds is 3. The van der Waals surface area contributed by atoms with Crippen molar-refractivity contribution in [3.63, 3.8) is 0 Å². The molecule has 1 aliphatic rings. The van der Waals surface area contributed by atoms with Crippen molar-refractivity contribution in [1.29, 1.82) is 0 Å². The normalized spacial score (nSPS) is 12.1. The van der Waals surface area contributed by atoms with Crippen molar-refractivity contribution in [2.24, 2.45) is 0 Å². The van der Waals surface area contributed by atoms with E-state index in [1.165, 1.54) is 0 Å². The first-order chi connectivity index (χ1) is 14.5. The minimum atomic E-state index is 0.202.